The van der Waals surface area contributed by atoms with E-state index >= 15 is 0 Å². The molecule has 2 atom stereocenters. The predicted molar refractivity (Wildman–Crippen MR) is 75.8 cm³/mol. The molecule has 0 spiro atoms. The largest absolute Gasteiger partial charge is 0.378 e. The molecule has 7 nitrogen and oxygen atoms in total. The third kappa shape index (κ3) is 2.77. The van der Waals surface area contributed by atoms with E-state index < -0.39 is 0 Å². The Morgan fingerprint density at radius 3 is 2.90 bits per heavy atom. The van der Waals surface area contributed by atoms with Crippen LogP contribution in [0.2, 0.25) is 0 Å². The Morgan fingerprint density at radius 1 is 1.60 bits per heavy atom. The predicted octanol–water partition coefficient (Wildman–Crippen LogP) is 2.11. The number of nitrogens with zero attached hydrogens (tertiary/aromatic N) is 3. The van der Waals surface area contributed by atoms with Crippen LogP contribution in [0.5, 0.6) is 0 Å². The van der Waals surface area contributed by atoms with Crippen molar-refractivity contribution in [2.24, 2.45) is 18.9 Å². The first-order chi connectivity index (χ1) is 9.41. The second-order valence-electron chi connectivity index (χ2n) is 5.67. The molecular formula is C13H22N4O3. The molecule has 1 aliphatic rings. The summed E-state index contributed by atoms with van der Waals surface area (Å²) >= 11 is 0. The van der Waals surface area contributed by atoms with Gasteiger partial charge in [-0.05, 0) is 19.3 Å². The van der Waals surface area contributed by atoms with Crippen LogP contribution in [0.3, 0.4) is 0 Å². The smallest absolute Gasteiger partial charge is 0.333 e. The molecular weight excluding hydrogens is 260 g/mol. The molecule has 2 heterocycles. The van der Waals surface area contributed by atoms with Crippen LogP contribution in [-0.4, -0.2) is 34.0 Å². The molecule has 7 heteroatoms. The van der Waals surface area contributed by atoms with Gasteiger partial charge in [-0.15, -0.1) is 0 Å². The van der Waals surface area contributed by atoms with Gasteiger partial charge >= 0.3 is 5.69 Å². The van der Waals surface area contributed by atoms with Crippen LogP contribution in [0.4, 0.5) is 11.5 Å². The number of nitrogens with one attached hydrogen (secondary N) is 1. The monoisotopic (exact) mass is 282 g/mol. The third-order valence-electron chi connectivity index (χ3n) is 3.83. The van der Waals surface area contributed by atoms with Crippen molar-refractivity contribution in [1.29, 1.82) is 0 Å². The highest BCUT2D eigenvalue weighted by molar-refractivity contribution is 5.59. The minimum atomic E-state index is -0.379. The van der Waals surface area contributed by atoms with Crippen molar-refractivity contribution >= 4 is 11.5 Å². The molecule has 1 aromatic rings. The highest BCUT2D eigenvalue weighted by Gasteiger charge is 2.32. The molecule has 0 bridgehead atoms. The van der Waals surface area contributed by atoms with Gasteiger partial charge in [0, 0.05) is 26.1 Å². The van der Waals surface area contributed by atoms with E-state index in [1.807, 2.05) is 0 Å². The summed E-state index contributed by atoms with van der Waals surface area (Å²) in [6, 6.07) is 0. The first-order valence-corrected chi connectivity index (χ1v) is 6.95. The second kappa shape index (κ2) is 5.78. The maximum atomic E-state index is 11.1. The molecule has 0 aromatic carbocycles. The minimum Gasteiger partial charge on any atom is -0.378 e. The van der Waals surface area contributed by atoms with Gasteiger partial charge in [0.2, 0.25) is 5.82 Å². The summed E-state index contributed by atoms with van der Waals surface area (Å²) in [6.45, 7) is 7.36. The molecule has 1 aromatic heterocycles. The van der Waals surface area contributed by atoms with Gasteiger partial charge in [0.15, 0.2) is 0 Å². The van der Waals surface area contributed by atoms with Gasteiger partial charge in [-0.1, -0.05) is 13.8 Å². The fourth-order valence-electron chi connectivity index (χ4n) is 2.90. The fraction of sp³-hybridized carbons (Fsp3) is 0.769. The van der Waals surface area contributed by atoms with Crippen molar-refractivity contribution in [2.75, 3.05) is 18.5 Å². The van der Waals surface area contributed by atoms with Crippen molar-refractivity contribution < 1.29 is 9.66 Å². The molecule has 0 aliphatic carbocycles. The van der Waals surface area contributed by atoms with Crippen LogP contribution in [0.15, 0.2) is 0 Å². The average molecular weight is 282 g/mol. The molecule has 1 aliphatic heterocycles. The Balaban J connectivity index is 2.09. The Morgan fingerprint density at radius 2 is 2.30 bits per heavy atom. The fourth-order valence-corrected chi connectivity index (χ4v) is 2.90. The lowest BCUT2D eigenvalue weighted by molar-refractivity contribution is -0.384. The molecule has 0 radical (unpaired) electrons. The molecule has 112 valence electrons. The zero-order valence-electron chi connectivity index (χ0n) is 12.4. The van der Waals surface area contributed by atoms with E-state index in [4.69, 9.17) is 4.74 Å². The van der Waals surface area contributed by atoms with E-state index in [-0.39, 0.29) is 16.7 Å². The van der Waals surface area contributed by atoms with E-state index in [0.717, 1.165) is 13.0 Å². The van der Waals surface area contributed by atoms with E-state index in [2.05, 4.69) is 24.3 Å². The van der Waals surface area contributed by atoms with Gasteiger partial charge in [0.1, 0.15) is 5.69 Å². The summed E-state index contributed by atoms with van der Waals surface area (Å²) in [6.07, 6.45) is 1.20. The summed E-state index contributed by atoms with van der Waals surface area (Å²) in [5.74, 6) is 1.30. The molecule has 20 heavy (non-hydrogen) atoms. The number of nitro groups is 1. The molecule has 0 amide bonds. The summed E-state index contributed by atoms with van der Waals surface area (Å²) in [7, 11) is 1.72. The van der Waals surface area contributed by atoms with Crippen molar-refractivity contribution in [3.8, 4) is 0 Å². The molecule has 0 saturated carbocycles. The third-order valence-corrected chi connectivity index (χ3v) is 3.83. The second-order valence-corrected chi connectivity index (χ2v) is 5.67. The van der Waals surface area contributed by atoms with Gasteiger partial charge in [-0.2, -0.15) is 5.10 Å². The first kappa shape index (κ1) is 14.8. The first-order valence-electron chi connectivity index (χ1n) is 6.95. The van der Waals surface area contributed by atoms with Crippen molar-refractivity contribution in [2.45, 2.75) is 33.3 Å². The van der Waals surface area contributed by atoms with Gasteiger partial charge in [-0.3, -0.25) is 10.1 Å². The van der Waals surface area contributed by atoms with Gasteiger partial charge < -0.3 is 10.1 Å². The number of anilines is 1. The Kier molecular flexibility index (Phi) is 4.27. The summed E-state index contributed by atoms with van der Waals surface area (Å²) in [4.78, 5) is 10.7. The van der Waals surface area contributed by atoms with Crippen LogP contribution in [0.1, 0.15) is 26.0 Å². The summed E-state index contributed by atoms with van der Waals surface area (Å²) in [5, 5.41) is 18.4. The minimum absolute atomic E-state index is 0.0625. The molecule has 2 rings (SSSR count). The number of ether oxygens (including phenoxy) is 1. The Hall–Kier alpha value is -1.63. The topological polar surface area (TPSA) is 82.2 Å². The number of aryl methyl sites for hydroxylation is 2. The van der Waals surface area contributed by atoms with Gasteiger partial charge in [0.25, 0.3) is 0 Å². The Labute approximate surface area is 118 Å². The molecule has 1 N–H and O–H groups in total. The number of hydrogen-bond acceptors (Lipinski definition) is 5. The number of aromatic nitrogens is 2. The van der Waals surface area contributed by atoms with Crippen LogP contribution >= 0.6 is 0 Å². The van der Waals surface area contributed by atoms with Crippen molar-refractivity contribution in [3.63, 3.8) is 0 Å². The Bertz CT molecular complexity index is 498. The summed E-state index contributed by atoms with van der Waals surface area (Å²) in [5.41, 5.74) is 0.496. The number of rotatable bonds is 5. The standard InChI is InChI=1S/C13H22N4O3/c1-8(2)12-10(5-6-20-12)7-14-13-11(17(18)19)9(3)15-16(13)4/h8,10,12,14H,5-7H2,1-4H3/t10-,12+/m0/s1. The lowest BCUT2D eigenvalue weighted by atomic mass is 9.93. The maximum Gasteiger partial charge on any atom is 0.333 e. The van der Waals surface area contributed by atoms with E-state index in [0.29, 0.717) is 29.9 Å². The summed E-state index contributed by atoms with van der Waals surface area (Å²) < 4.78 is 7.27. The zero-order valence-corrected chi connectivity index (χ0v) is 12.4. The van der Waals surface area contributed by atoms with Crippen LogP contribution in [0.25, 0.3) is 0 Å². The lowest BCUT2D eigenvalue weighted by Gasteiger charge is -2.22. The molecule has 0 unspecified atom stereocenters. The highest BCUT2D eigenvalue weighted by Crippen LogP contribution is 2.30. The lowest BCUT2D eigenvalue weighted by Crippen LogP contribution is -2.28. The highest BCUT2D eigenvalue weighted by atomic mass is 16.6. The maximum absolute atomic E-state index is 11.1. The quantitative estimate of drug-likeness (QED) is 0.660. The van der Waals surface area contributed by atoms with Crippen LogP contribution in [0, 0.1) is 28.9 Å². The van der Waals surface area contributed by atoms with Gasteiger partial charge in [0.05, 0.1) is 11.0 Å². The number of hydrogen-bond donors (Lipinski definition) is 1. The van der Waals surface area contributed by atoms with Crippen molar-refractivity contribution in [3.05, 3.63) is 15.8 Å². The van der Waals surface area contributed by atoms with Crippen LogP contribution < -0.4 is 5.32 Å². The normalized spacial score (nSPS) is 22.4. The zero-order chi connectivity index (χ0) is 14.9. The SMILES string of the molecule is Cc1nn(C)c(NC[C@@H]2CCO[C@@H]2C(C)C)c1[N+](=O)[O-]. The van der Waals surface area contributed by atoms with Crippen LogP contribution in [-0.2, 0) is 11.8 Å². The van der Waals surface area contributed by atoms with Gasteiger partial charge in [-0.25, -0.2) is 4.68 Å². The van der Waals surface area contributed by atoms with E-state index in [1.165, 1.54) is 4.68 Å². The molecule has 1 saturated heterocycles. The van der Waals surface area contributed by atoms with E-state index in [9.17, 15) is 10.1 Å². The van der Waals surface area contributed by atoms with Crippen molar-refractivity contribution in [1.82, 2.24) is 9.78 Å². The average Bonchev–Trinajstić information content (AvgIpc) is 2.90. The molecule has 1 fully saturated rings. The van der Waals surface area contributed by atoms with E-state index in [1.54, 1.807) is 14.0 Å².